The van der Waals surface area contributed by atoms with E-state index in [1.54, 1.807) is 21.3 Å². The summed E-state index contributed by atoms with van der Waals surface area (Å²) in [5.41, 5.74) is 1.55. The number of carbonyl (C=O) groups is 2. The van der Waals surface area contributed by atoms with Crippen molar-refractivity contribution in [2.24, 2.45) is 11.8 Å². The number of amides is 2. The largest absolute Gasteiger partial charge is 0.496 e. The maximum absolute atomic E-state index is 13.4. The van der Waals surface area contributed by atoms with Crippen molar-refractivity contribution in [3.05, 3.63) is 16.7 Å². The fraction of sp³-hybridized carbons (Fsp3) is 0.724. The molecule has 0 spiro atoms. The van der Waals surface area contributed by atoms with Crippen molar-refractivity contribution in [2.75, 3.05) is 27.9 Å². The normalized spacial score (nSPS) is 20.9. The highest BCUT2D eigenvalue weighted by molar-refractivity contribution is 6.48. The van der Waals surface area contributed by atoms with Gasteiger partial charge in [0.15, 0.2) is 11.5 Å². The second-order valence-electron chi connectivity index (χ2n) is 12.2. The second-order valence-corrected chi connectivity index (χ2v) is 12.2. The molecular weight excluding hydrogens is 515 g/mol. The molecule has 2 aliphatic rings. The van der Waals surface area contributed by atoms with E-state index in [1.165, 1.54) is 0 Å². The molecule has 0 saturated carbocycles. The van der Waals surface area contributed by atoms with Crippen LogP contribution in [-0.2, 0) is 31.7 Å². The van der Waals surface area contributed by atoms with Gasteiger partial charge in [-0.2, -0.15) is 0 Å². The number of nitrogens with one attached hydrogen (secondary N) is 2. The molecule has 3 rings (SSSR count). The predicted octanol–water partition coefficient (Wildman–Crippen LogP) is 2.77. The van der Waals surface area contributed by atoms with Crippen LogP contribution in [0.2, 0.25) is 0 Å². The van der Waals surface area contributed by atoms with Gasteiger partial charge < -0.3 is 39.3 Å². The predicted molar refractivity (Wildman–Crippen MR) is 153 cm³/mol. The third kappa shape index (κ3) is 6.36. The molecule has 1 heterocycles. The zero-order valence-electron chi connectivity index (χ0n) is 25.7. The minimum absolute atomic E-state index is 0.253. The first-order valence-electron chi connectivity index (χ1n) is 14.1. The molecule has 0 radical (unpaired) electrons. The Labute approximate surface area is 238 Å². The third-order valence-corrected chi connectivity index (χ3v) is 8.44. The van der Waals surface area contributed by atoms with Gasteiger partial charge in [0.1, 0.15) is 11.8 Å². The Kier molecular flexibility index (Phi) is 10.1. The summed E-state index contributed by atoms with van der Waals surface area (Å²) in [5.74, 6) is 0.559. The average Bonchev–Trinajstić information content (AvgIpc) is 3.11. The van der Waals surface area contributed by atoms with E-state index >= 15 is 0 Å². The number of methoxy groups -OCH3 is 3. The molecule has 40 heavy (non-hydrogen) atoms. The number of carbonyl (C=O) groups excluding carboxylic acids is 2. The second kappa shape index (κ2) is 12.6. The van der Waals surface area contributed by atoms with Crippen LogP contribution in [0.3, 0.4) is 0 Å². The van der Waals surface area contributed by atoms with Crippen LogP contribution in [0.15, 0.2) is 0 Å². The molecule has 3 N–H and O–H groups in total. The Morgan fingerprint density at radius 1 is 0.975 bits per heavy atom. The maximum Gasteiger partial charge on any atom is 0.481 e. The van der Waals surface area contributed by atoms with Crippen LogP contribution >= 0.6 is 0 Å². The smallest absolute Gasteiger partial charge is 0.481 e. The molecule has 11 heteroatoms. The van der Waals surface area contributed by atoms with Gasteiger partial charge in [-0.15, -0.1) is 0 Å². The summed E-state index contributed by atoms with van der Waals surface area (Å²) in [6.45, 7) is 13.3. The molecule has 0 bridgehead atoms. The zero-order valence-corrected chi connectivity index (χ0v) is 25.7. The number of aliphatic hydroxyl groups is 1. The summed E-state index contributed by atoms with van der Waals surface area (Å²) < 4.78 is 29.4. The Morgan fingerprint density at radius 3 is 2.05 bits per heavy atom. The molecule has 0 aromatic heterocycles. The number of hydrogen-bond acceptors (Lipinski definition) is 8. The van der Waals surface area contributed by atoms with E-state index in [-0.39, 0.29) is 11.8 Å². The van der Waals surface area contributed by atoms with Crippen LogP contribution in [0, 0.1) is 18.8 Å². The molecule has 1 aliphatic carbocycles. The van der Waals surface area contributed by atoms with Crippen molar-refractivity contribution in [3.63, 3.8) is 0 Å². The van der Waals surface area contributed by atoms with Crippen molar-refractivity contribution in [2.45, 2.75) is 97.3 Å². The topological polar surface area (TPSA) is 125 Å². The van der Waals surface area contributed by atoms with E-state index in [2.05, 4.69) is 24.5 Å². The summed E-state index contributed by atoms with van der Waals surface area (Å²) in [6, 6.07) is -1.11. The number of fused-ring (bicyclic) bond motifs is 1. The molecule has 1 aromatic carbocycles. The lowest BCUT2D eigenvalue weighted by Crippen LogP contribution is -2.56. The lowest BCUT2D eigenvalue weighted by atomic mass is 9.74. The lowest BCUT2D eigenvalue weighted by molar-refractivity contribution is -0.132. The zero-order chi connectivity index (χ0) is 30.0. The highest BCUT2D eigenvalue weighted by Gasteiger charge is 2.54. The van der Waals surface area contributed by atoms with Gasteiger partial charge in [0, 0.05) is 22.6 Å². The van der Waals surface area contributed by atoms with Gasteiger partial charge in [-0.3, -0.25) is 9.59 Å². The van der Waals surface area contributed by atoms with E-state index in [0.29, 0.717) is 42.9 Å². The number of benzene rings is 1. The van der Waals surface area contributed by atoms with E-state index in [4.69, 9.17) is 23.5 Å². The fourth-order valence-corrected chi connectivity index (χ4v) is 5.59. The van der Waals surface area contributed by atoms with Crippen LogP contribution in [0.4, 0.5) is 0 Å². The van der Waals surface area contributed by atoms with Gasteiger partial charge in [-0.1, -0.05) is 13.8 Å². The SMILES string of the molecule is COc1c(C)c(OC)c(OC)c2c1CC(C(=O)N[C@@H](CO)C(=O)N[C@@H](CC(C)C)B1OC(C)(C)C(C)(C)O1)CC2. The first-order valence-corrected chi connectivity index (χ1v) is 14.1. The Balaban J connectivity index is 1.75. The summed E-state index contributed by atoms with van der Waals surface area (Å²) in [5, 5.41) is 15.8. The highest BCUT2D eigenvalue weighted by Crippen LogP contribution is 2.47. The molecule has 3 atom stereocenters. The summed E-state index contributed by atoms with van der Waals surface area (Å²) in [4.78, 5) is 26.7. The quantitative estimate of drug-likeness (QED) is 0.352. The summed E-state index contributed by atoms with van der Waals surface area (Å²) >= 11 is 0. The molecule has 10 nitrogen and oxygen atoms in total. The highest BCUT2D eigenvalue weighted by atomic mass is 16.7. The van der Waals surface area contributed by atoms with Crippen LogP contribution in [-0.4, -0.2) is 75.2 Å². The van der Waals surface area contributed by atoms with E-state index in [0.717, 1.165) is 16.7 Å². The van der Waals surface area contributed by atoms with Crippen LogP contribution < -0.4 is 24.8 Å². The van der Waals surface area contributed by atoms with Crippen molar-refractivity contribution in [3.8, 4) is 17.2 Å². The van der Waals surface area contributed by atoms with Crippen molar-refractivity contribution in [1.82, 2.24) is 10.6 Å². The van der Waals surface area contributed by atoms with Gasteiger partial charge in [0.2, 0.25) is 11.8 Å². The fourth-order valence-electron chi connectivity index (χ4n) is 5.59. The monoisotopic (exact) mass is 562 g/mol. The Hall–Kier alpha value is -2.50. The maximum atomic E-state index is 13.4. The van der Waals surface area contributed by atoms with Gasteiger partial charge >= 0.3 is 7.12 Å². The number of aliphatic hydroxyl groups excluding tert-OH is 1. The van der Waals surface area contributed by atoms with Gasteiger partial charge in [-0.05, 0) is 66.2 Å². The molecule has 1 saturated heterocycles. The van der Waals surface area contributed by atoms with Crippen molar-refractivity contribution in [1.29, 1.82) is 0 Å². The number of ether oxygens (including phenoxy) is 3. The minimum Gasteiger partial charge on any atom is -0.496 e. The molecule has 1 fully saturated rings. The van der Waals surface area contributed by atoms with Crippen LogP contribution in [0.1, 0.15) is 71.1 Å². The standard InChI is InChI=1S/C29H47BN2O8/c1-16(2)13-22(30-39-28(4,5)29(6,7)40-30)32-27(35)21(15-33)31-26(34)18-11-12-19-20(14-18)23(36-8)17(3)24(37-9)25(19)38-10/h16,18,21-22,33H,11-15H2,1-10H3,(H,31,34)(H,32,35)/t18?,21-,22-/m0/s1. The number of rotatable bonds is 11. The van der Waals surface area contributed by atoms with E-state index in [1.807, 2.05) is 34.6 Å². The van der Waals surface area contributed by atoms with Crippen molar-refractivity contribution >= 4 is 18.9 Å². The minimum atomic E-state index is -1.11. The first kappa shape index (κ1) is 32.0. The molecule has 2 amide bonds. The Morgan fingerprint density at radius 2 is 1.55 bits per heavy atom. The molecule has 1 aromatic rings. The van der Waals surface area contributed by atoms with Gasteiger partial charge in [0.05, 0.1) is 45.1 Å². The first-order chi connectivity index (χ1) is 18.7. The van der Waals surface area contributed by atoms with Gasteiger partial charge in [-0.25, -0.2) is 0 Å². The molecule has 1 aliphatic heterocycles. The van der Waals surface area contributed by atoms with Crippen LogP contribution in [0.5, 0.6) is 17.2 Å². The molecule has 1 unspecified atom stereocenters. The average molecular weight is 563 g/mol. The van der Waals surface area contributed by atoms with Crippen molar-refractivity contribution < 1.29 is 38.2 Å². The Bertz CT molecular complexity index is 1070. The molecular formula is C29H47BN2O8. The molecule has 224 valence electrons. The van der Waals surface area contributed by atoms with Crippen LogP contribution in [0.25, 0.3) is 0 Å². The van der Waals surface area contributed by atoms with E-state index < -0.39 is 48.7 Å². The lowest BCUT2D eigenvalue weighted by Gasteiger charge is -2.32. The van der Waals surface area contributed by atoms with E-state index in [9.17, 15) is 14.7 Å². The summed E-state index contributed by atoms with van der Waals surface area (Å²) in [6.07, 6.45) is 2.15. The number of hydrogen-bond donors (Lipinski definition) is 3. The summed E-state index contributed by atoms with van der Waals surface area (Å²) in [7, 11) is 4.14. The third-order valence-electron chi connectivity index (χ3n) is 8.44. The van der Waals surface area contributed by atoms with Gasteiger partial charge in [0.25, 0.3) is 0 Å².